The van der Waals surface area contributed by atoms with E-state index in [1.54, 1.807) is 52.9 Å². The topological polar surface area (TPSA) is 46.6 Å². The standard InChI is InChI=1S/C17H24FNO3/c1-6-22-16(21)17(3,4)19(5)15(20)11-12(2)13-9-7-8-10-14(13)18/h7-10,12H,6,11H2,1-5H3. The third kappa shape index (κ3) is 4.06. The fourth-order valence-electron chi connectivity index (χ4n) is 2.14. The molecule has 0 saturated carbocycles. The minimum absolute atomic E-state index is 0.125. The molecule has 0 aliphatic carbocycles. The number of esters is 1. The van der Waals surface area contributed by atoms with Crippen LogP contribution in [0.5, 0.6) is 0 Å². The third-order valence-corrected chi connectivity index (χ3v) is 3.90. The van der Waals surface area contributed by atoms with Crippen molar-refractivity contribution < 1.29 is 18.7 Å². The van der Waals surface area contributed by atoms with Crippen molar-refractivity contribution in [2.24, 2.45) is 0 Å². The third-order valence-electron chi connectivity index (χ3n) is 3.90. The Bertz CT molecular complexity index is 542. The van der Waals surface area contributed by atoms with E-state index in [9.17, 15) is 14.0 Å². The van der Waals surface area contributed by atoms with Gasteiger partial charge >= 0.3 is 5.97 Å². The highest BCUT2D eigenvalue weighted by atomic mass is 19.1. The normalized spacial score (nSPS) is 12.6. The summed E-state index contributed by atoms with van der Waals surface area (Å²) in [7, 11) is 1.56. The van der Waals surface area contributed by atoms with E-state index in [-0.39, 0.29) is 30.7 Å². The second-order valence-corrected chi connectivity index (χ2v) is 5.86. The lowest BCUT2D eigenvalue weighted by Crippen LogP contribution is -2.51. The second kappa shape index (κ2) is 7.38. The van der Waals surface area contributed by atoms with Crippen molar-refractivity contribution in [3.05, 3.63) is 35.6 Å². The molecule has 122 valence electrons. The summed E-state index contributed by atoms with van der Waals surface area (Å²) in [5.74, 6) is -1.28. The average Bonchev–Trinajstić information content (AvgIpc) is 2.46. The fraction of sp³-hybridized carbons (Fsp3) is 0.529. The van der Waals surface area contributed by atoms with Crippen molar-refractivity contribution in [2.75, 3.05) is 13.7 Å². The molecular formula is C17H24FNO3. The number of benzene rings is 1. The fourth-order valence-corrected chi connectivity index (χ4v) is 2.14. The van der Waals surface area contributed by atoms with Crippen molar-refractivity contribution in [1.29, 1.82) is 0 Å². The van der Waals surface area contributed by atoms with Crippen LogP contribution in [0.3, 0.4) is 0 Å². The molecule has 0 aliphatic heterocycles. The van der Waals surface area contributed by atoms with Gasteiger partial charge in [-0.1, -0.05) is 25.1 Å². The maximum atomic E-state index is 13.8. The van der Waals surface area contributed by atoms with Crippen LogP contribution in [-0.2, 0) is 14.3 Å². The Morgan fingerprint density at radius 2 is 1.91 bits per heavy atom. The molecular weight excluding hydrogens is 285 g/mol. The molecule has 0 aliphatic rings. The first-order valence-corrected chi connectivity index (χ1v) is 7.40. The van der Waals surface area contributed by atoms with Crippen LogP contribution in [0.1, 0.15) is 45.6 Å². The Morgan fingerprint density at radius 1 is 1.32 bits per heavy atom. The van der Waals surface area contributed by atoms with Crippen molar-refractivity contribution >= 4 is 11.9 Å². The lowest BCUT2D eigenvalue weighted by Gasteiger charge is -2.34. The SMILES string of the molecule is CCOC(=O)C(C)(C)N(C)C(=O)CC(C)c1ccccc1F. The molecule has 0 aromatic heterocycles. The van der Waals surface area contributed by atoms with Crippen molar-refractivity contribution in [2.45, 2.75) is 45.6 Å². The number of carbonyl (C=O) groups excluding carboxylic acids is 2. The molecule has 22 heavy (non-hydrogen) atoms. The zero-order chi connectivity index (χ0) is 16.9. The van der Waals surface area contributed by atoms with Crippen LogP contribution in [0.2, 0.25) is 0 Å². The molecule has 1 amide bonds. The van der Waals surface area contributed by atoms with Gasteiger partial charge in [-0.25, -0.2) is 9.18 Å². The van der Waals surface area contributed by atoms with Gasteiger partial charge in [0.1, 0.15) is 11.4 Å². The van der Waals surface area contributed by atoms with Gasteiger partial charge in [-0.15, -0.1) is 0 Å². The van der Waals surface area contributed by atoms with Crippen molar-refractivity contribution in [3.8, 4) is 0 Å². The van der Waals surface area contributed by atoms with Gasteiger partial charge < -0.3 is 9.64 Å². The number of hydrogen-bond donors (Lipinski definition) is 0. The van der Waals surface area contributed by atoms with E-state index >= 15 is 0 Å². The summed E-state index contributed by atoms with van der Waals surface area (Å²) in [4.78, 5) is 25.7. The van der Waals surface area contributed by atoms with Crippen LogP contribution < -0.4 is 0 Å². The predicted octanol–water partition coefficient (Wildman–Crippen LogP) is 3.12. The van der Waals surface area contributed by atoms with E-state index in [4.69, 9.17) is 4.74 Å². The molecule has 1 aromatic rings. The summed E-state index contributed by atoms with van der Waals surface area (Å²) in [6.45, 7) is 7.04. The van der Waals surface area contributed by atoms with Gasteiger partial charge in [-0.2, -0.15) is 0 Å². The molecule has 5 heteroatoms. The molecule has 1 atom stereocenters. The highest BCUT2D eigenvalue weighted by molar-refractivity contribution is 5.87. The first-order chi connectivity index (χ1) is 10.2. The zero-order valence-electron chi connectivity index (χ0n) is 13.9. The summed E-state index contributed by atoms with van der Waals surface area (Å²) in [5, 5.41) is 0. The summed E-state index contributed by atoms with van der Waals surface area (Å²) >= 11 is 0. The summed E-state index contributed by atoms with van der Waals surface area (Å²) in [5.41, 5.74) is -0.555. The largest absolute Gasteiger partial charge is 0.464 e. The van der Waals surface area contributed by atoms with E-state index in [1.165, 1.54) is 11.0 Å². The Balaban J connectivity index is 2.80. The monoisotopic (exact) mass is 309 g/mol. The van der Waals surface area contributed by atoms with Crippen LogP contribution in [0.25, 0.3) is 0 Å². The quantitative estimate of drug-likeness (QED) is 0.759. The Hall–Kier alpha value is -1.91. The molecule has 0 fully saturated rings. The molecule has 0 N–H and O–H groups in total. The van der Waals surface area contributed by atoms with Gasteiger partial charge in [0, 0.05) is 13.5 Å². The van der Waals surface area contributed by atoms with Gasteiger partial charge in [-0.3, -0.25) is 4.79 Å². The molecule has 4 nitrogen and oxygen atoms in total. The smallest absolute Gasteiger partial charge is 0.331 e. The minimum Gasteiger partial charge on any atom is -0.464 e. The van der Waals surface area contributed by atoms with Crippen LogP contribution in [-0.4, -0.2) is 36.0 Å². The van der Waals surface area contributed by atoms with Gasteiger partial charge in [-0.05, 0) is 38.3 Å². The molecule has 0 spiro atoms. The van der Waals surface area contributed by atoms with E-state index in [1.807, 2.05) is 0 Å². The first kappa shape index (κ1) is 18.1. The van der Waals surface area contributed by atoms with Crippen molar-refractivity contribution in [3.63, 3.8) is 0 Å². The maximum Gasteiger partial charge on any atom is 0.331 e. The lowest BCUT2D eigenvalue weighted by atomic mass is 9.95. The Morgan fingerprint density at radius 3 is 2.45 bits per heavy atom. The average molecular weight is 309 g/mol. The maximum absolute atomic E-state index is 13.8. The van der Waals surface area contributed by atoms with Gasteiger partial charge in [0.25, 0.3) is 0 Å². The number of ether oxygens (including phenoxy) is 1. The van der Waals surface area contributed by atoms with E-state index in [2.05, 4.69) is 0 Å². The van der Waals surface area contributed by atoms with Crippen molar-refractivity contribution in [1.82, 2.24) is 4.90 Å². The molecule has 0 heterocycles. The Labute approximate surface area is 131 Å². The highest BCUT2D eigenvalue weighted by Gasteiger charge is 2.37. The van der Waals surface area contributed by atoms with E-state index < -0.39 is 11.5 Å². The number of carbonyl (C=O) groups is 2. The number of amides is 1. The summed E-state index contributed by atoms with van der Waals surface area (Å²) in [6, 6.07) is 6.40. The lowest BCUT2D eigenvalue weighted by molar-refractivity contribution is -0.160. The van der Waals surface area contributed by atoms with Crippen LogP contribution in [0, 0.1) is 5.82 Å². The summed E-state index contributed by atoms with van der Waals surface area (Å²) < 4.78 is 18.7. The first-order valence-electron chi connectivity index (χ1n) is 7.40. The number of hydrogen-bond acceptors (Lipinski definition) is 3. The van der Waals surface area contributed by atoms with E-state index in [0.29, 0.717) is 5.56 Å². The van der Waals surface area contributed by atoms with Gasteiger partial charge in [0.2, 0.25) is 5.91 Å². The highest BCUT2D eigenvalue weighted by Crippen LogP contribution is 2.24. The number of rotatable bonds is 6. The zero-order valence-corrected chi connectivity index (χ0v) is 13.9. The summed E-state index contributed by atoms with van der Waals surface area (Å²) in [6.07, 6.45) is 0.125. The number of likely N-dealkylation sites (N-methyl/N-ethyl adjacent to an activating group) is 1. The molecule has 1 aromatic carbocycles. The molecule has 0 bridgehead atoms. The Kier molecular flexibility index (Phi) is 6.09. The van der Waals surface area contributed by atoms with Crippen LogP contribution >= 0.6 is 0 Å². The van der Waals surface area contributed by atoms with Gasteiger partial charge in [0.05, 0.1) is 6.61 Å². The molecule has 0 radical (unpaired) electrons. The van der Waals surface area contributed by atoms with Crippen LogP contribution in [0.15, 0.2) is 24.3 Å². The van der Waals surface area contributed by atoms with Crippen LogP contribution in [0.4, 0.5) is 4.39 Å². The molecule has 1 rings (SSSR count). The second-order valence-electron chi connectivity index (χ2n) is 5.86. The number of halogens is 1. The minimum atomic E-state index is -1.05. The molecule has 1 unspecified atom stereocenters. The predicted molar refractivity (Wildman–Crippen MR) is 82.9 cm³/mol. The molecule has 0 saturated heterocycles. The van der Waals surface area contributed by atoms with E-state index in [0.717, 1.165) is 0 Å². The number of nitrogens with zero attached hydrogens (tertiary/aromatic N) is 1. The van der Waals surface area contributed by atoms with Gasteiger partial charge in [0.15, 0.2) is 0 Å².